The van der Waals surface area contributed by atoms with E-state index in [1.807, 2.05) is 12.1 Å². The Kier molecular flexibility index (Phi) is 2.63. The molecule has 0 radical (unpaired) electrons. The number of ketones is 1. The van der Waals surface area contributed by atoms with Crippen molar-refractivity contribution in [1.82, 2.24) is 0 Å². The van der Waals surface area contributed by atoms with E-state index in [4.69, 9.17) is 23.2 Å². The minimum absolute atomic E-state index is 0.0184. The zero-order valence-corrected chi connectivity index (χ0v) is 12.1. The van der Waals surface area contributed by atoms with Gasteiger partial charge in [0.15, 0.2) is 10.1 Å². The summed E-state index contributed by atoms with van der Waals surface area (Å²) in [4.78, 5) is 11.4. The average Bonchev–Trinajstić information content (AvgIpc) is 2.24. The first-order valence-electron chi connectivity index (χ1n) is 5.61. The number of Topliss-reactive ketones (excluding diaryl/α,β-unsaturated/α-hetero) is 1. The summed E-state index contributed by atoms with van der Waals surface area (Å²) >= 11 is 15.6. The molecule has 0 N–H and O–H groups in total. The van der Waals surface area contributed by atoms with Crippen molar-refractivity contribution in [3.05, 3.63) is 34.3 Å². The minimum atomic E-state index is -1.13. The van der Waals surface area contributed by atoms with Gasteiger partial charge in [0.05, 0.1) is 0 Å². The predicted octanol–water partition coefficient (Wildman–Crippen LogP) is 4.46. The van der Waals surface area contributed by atoms with Crippen LogP contribution in [0.5, 0.6) is 0 Å². The smallest absolute Gasteiger partial charge is 0.181 e. The Morgan fingerprint density at radius 3 is 2.24 bits per heavy atom. The monoisotopic (exact) mass is 332 g/mol. The highest BCUT2D eigenvalue weighted by Crippen LogP contribution is 2.69. The van der Waals surface area contributed by atoms with Crippen molar-refractivity contribution in [1.29, 1.82) is 0 Å². The molecule has 2 aliphatic carbocycles. The Hall–Kier alpha value is -0.0500. The van der Waals surface area contributed by atoms with Crippen LogP contribution in [-0.2, 0) is 4.79 Å². The topological polar surface area (TPSA) is 17.1 Å². The largest absolute Gasteiger partial charge is 0.296 e. The molecule has 90 valence electrons. The van der Waals surface area contributed by atoms with E-state index in [9.17, 15) is 4.79 Å². The molecule has 1 aromatic rings. The Morgan fingerprint density at radius 1 is 1.18 bits per heavy atom. The second kappa shape index (κ2) is 3.72. The summed E-state index contributed by atoms with van der Waals surface area (Å²) in [6.07, 6.45) is 2.40. The number of benzene rings is 1. The van der Waals surface area contributed by atoms with Gasteiger partial charge in [-0.05, 0) is 36.5 Å². The summed E-state index contributed by atoms with van der Waals surface area (Å²) in [6, 6.07) is 8.32. The van der Waals surface area contributed by atoms with Crippen LogP contribution >= 0.6 is 39.1 Å². The van der Waals surface area contributed by atoms with E-state index in [2.05, 4.69) is 28.1 Å². The maximum absolute atomic E-state index is 11.4. The number of alkyl halides is 2. The van der Waals surface area contributed by atoms with Crippen molar-refractivity contribution in [3.63, 3.8) is 0 Å². The molecular weight excluding hydrogens is 323 g/mol. The van der Waals surface area contributed by atoms with E-state index >= 15 is 0 Å². The van der Waals surface area contributed by atoms with E-state index in [0.717, 1.165) is 17.3 Å². The summed E-state index contributed by atoms with van der Waals surface area (Å²) in [5, 5.41) is 0. The summed E-state index contributed by atoms with van der Waals surface area (Å²) in [5.41, 5.74) is 1.16. The molecule has 1 spiro atoms. The lowest BCUT2D eigenvalue weighted by Crippen LogP contribution is -2.63. The molecule has 3 rings (SSSR count). The first-order chi connectivity index (χ1) is 7.95. The van der Waals surface area contributed by atoms with Crippen LogP contribution in [0.3, 0.4) is 0 Å². The number of hydrogen-bond donors (Lipinski definition) is 0. The first kappa shape index (κ1) is 12.0. The van der Waals surface area contributed by atoms with E-state index in [0.29, 0.717) is 12.3 Å². The summed E-state index contributed by atoms with van der Waals surface area (Å²) in [6.45, 7) is 0. The normalized spacial score (nSPS) is 34.3. The third kappa shape index (κ3) is 1.61. The maximum Gasteiger partial charge on any atom is 0.181 e. The van der Waals surface area contributed by atoms with Crippen LogP contribution in [0.25, 0.3) is 0 Å². The minimum Gasteiger partial charge on any atom is -0.296 e. The van der Waals surface area contributed by atoms with Crippen LogP contribution in [0.2, 0.25) is 0 Å². The highest BCUT2D eigenvalue weighted by atomic mass is 79.9. The lowest BCUT2D eigenvalue weighted by Gasteiger charge is -2.60. The molecule has 2 saturated carbocycles. The zero-order chi connectivity index (χ0) is 12.3. The Morgan fingerprint density at radius 2 is 1.76 bits per heavy atom. The van der Waals surface area contributed by atoms with Crippen molar-refractivity contribution in [2.24, 2.45) is 5.41 Å². The highest BCUT2D eigenvalue weighted by molar-refractivity contribution is 9.10. The van der Waals surface area contributed by atoms with Gasteiger partial charge in [0.1, 0.15) is 0 Å². The summed E-state index contributed by atoms with van der Waals surface area (Å²) in [5.74, 6) is 0.475. The highest BCUT2D eigenvalue weighted by Gasteiger charge is 2.69. The van der Waals surface area contributed by atoms with Gasteiger partial charge in [-0.1, -0.05) is 51.3 Å². The van der Waals surface area contributed by atoms with Gasteiger partial charge in [-0.15, -0.1) is 0 Å². The molecule has 17 heavy (non-hydrogen) atoms. The lowest BCUT2D eigenvalue weighted by atomic mass is 9.49. The van der Waals surface area contributed by atoms with Crippen molar-refractivity contribution in [2.45, 2.75) is 29.5 Å². The summed E-state index contributed by atoms with van der Waals surface area (Å²) in [7, 11) is 0. The van der Waals surface area contributed by atoms with E-state index in [1.54, 1.807) is 0 Å². The van der Waals surface area contributed by atoms with Gasteiger partial charge in [-0.3, -0.25) is 4.79 Å². The zero-order valence-electron chi connectivity index (χ0n) is 9.05. The van der Waals surface area contributed by atoms with Crippen molar-refractivity contribution < 1.29 is 4.79 Å². The Balaban J connectivity index is 1.73. The van der Waals surface area contributed by atoms with Crippen LogP contribution < -0.4 is 0 Å². The molecule has 0 bridgehead atoms. The van der Waals surface area contributed by atoms with Gasteiger partial charge in [0, 0.05) is 16.3 Å². The second-order valence-electron chi connectivity index (χ2n) is 5.11. The van der Waals surface area contributed by atoms with Crippen LogP contribution in [-0.4, -0.2) is 10.1 Å². The molecule has 2 fully saturated rings. The molecule has 0 unspecified atom stereocenters. The SMILES string of the molecule is O=C1CC2(CC(c3ccc(Br)cc3)C2)C1(Cl)Cl. The van der Waals surface area contributed by atoms with Gasteiger partial charge in [0.2, 0.25) is 0 Å². The molecule has 0 aromatic heterocycles. The lowest BCUT2D eigenvalue weighted by molar-refractivity contribution is -0.141. The van der Waals surface area contributed by atoms with Crippen LogP contribution in [0, 0.1) is 5.41 Å². The van der Waals surface area contributed by atoms with E-state index in [-0.39, 0.29) is 11.2 Å². The van der Waals surface area contributed by atoms with E-state index in [1.165, 1.54) is 5.56 Å². The quantitative estimate of drug-likeness (QED) is 0.693. The summed E-state index contributed by atoms with van der Waals surface area (Å²) < 4.78 is -0.0445. The van der Waals surface area contributed by atoms with Crippen LogP contribution in [0.15, 0.2) is 28.7 Å². The van der Waals surface area contributed by atoms with E-state index < -0.39 is 4.33 Å². The van der Waals surface area contributed by atoms with Gasteiger partial charge in [-0.2, -0.15) is 0 Å². The van der Waals surface area contributed by atoms with Crippen molar-refractivity contribution in [2.75, 3.05) is 0 Å². The maximum atomic E-state index is 11.4. The predicted molar refractivity (Wildman–Crippen MR) is 72.6 cm³/mol. The third-order valence-electron chi connectivity index (χ3n) is 4.13. The molecule has 0 aliphatic heterocycles. The molecule has 4 heteroatoms. The van der Waals surface area contributed by atoms with Crippen LogP contribution in [0.4, 0.5) is 0 Å². The standard InChI is InChI=1S/C13H11BrCl2O/c14-10-3-1-8(2-4-10)9-5-12(6-9)7-11(17)13(12,15)16/h1-4,9H,5-7H2. The fourth-order valence-corrected chi connectivity index (χ4v) is 3.81. The molecule has 0 saturated heterocycles. The Labute approximate surface area is 119 Å². The third-order valence-corrected chi connectivity index (χ3v) is 5.88. The van der Waals surface area contributed by atoms with Crippen molar-refractivity contribution >= 4 is 44.9 Å². The first-order valence-corrected chi connectivity index (χ1v) is 7.16. The molecule has 2 aliphatic rings. The van der Waals surface area contributed by atoms with Crippen molar-refractivity contribution in [3.8, 4) is 0 Å². The number of rotatable bonds is 1. The fraction of sp³-hybridized carbons (Fsp3) is 0.462. The molecule has 1 aromatic carbocycles. The van der Waals surface area contributed by atoms with Gasteiger partial charge < -0.3 is 0 Å². The van der Waals surface area contributed by atoms with Gasteiger partial charge in [0.25, 0.3) is 0 Å². The second-order valence-corrected chi connectivity index (χ2v) is 7.35. The molecular formula is C13H11BrCl2O. The molecule has 1 nitrogen and oxygen atoms in total. The Bertz CT molecular complexity index is 475. The molecule has 0 amide bonds. The molecule has 0 heterocycles. The fourth-order valence-electron chi connectivity index (χ4n) is 2.97. The van der Waals surface area contributed by atoms with Crippen LogP contribution in [0.1, 0.15) is 30.7 Å². The number of carbonyl (C=O) groups is 1. The number of hydrogen-bond acceptors (Lipinski definition) is 1. The molecule has 0 atom stereocenters. The number of carbonyl (C=O) groups excluding carboxylic acids is 1. The van der Waals surface area contributed by atoms with Gasteiger partial charge in [-0.25, -0.2) is 0 Å². The van der Waals surface area contributed by atoms with Gasteiger partial charge >= 0.3 is 0 Å². The average molecular weight is 334 g/mol. The number of halogens is 3.